The molecule has 166 valence electrons. The van der Waals surface area contributed by atoms with Crippen molar-refractivity contribution in [3.05, 3.63) is 77.9 Å². The van der Waals surface area contributed by atoms with Crippen molar-refractivity contribution in [1.29, 1.82) is 0 Å². The van der Waals surface area contributed by atoms with Crippen molar-refractivity contribution in [2.24, 2.45) is 0 Å². The molecule has 1 unspecified atom stereocenters. The van der Waals surface area contributed by atoms with E-state index in [1.165, 1.54) is 24.4 Å². The largest absolute Gasteiger partial charge is 0.482 e. The lowest BCUT2D eigenvalue weighted by molar-refractivity contribution is -0.139. The van der Waals surface area contributed by atoms with E-state index >= 15 is 0 Å². The van der Waals surface area contributed by atoms with Gasteiger partial charge in [0.05, 0.1) is 4.90 Å². The van der Waals surface area contributed by atoms with Crippen LogP contribution >= 0.6 is 0 Å². The smallest absolute Gasteiger partial charge is 0.341 e. The summed E-state index contributed by atoms with van der Waals surface area (Å²) in [5.41, 5.74) is 3.02. The Morgan fingerprint density at radius 3 is 2.56 bits per heavy atom. The summed E-state index contributed by atoms with van der Waals surface area (Å²) < 4.78 is 47.2. The van der Waals surface area contributed by atoms with E-state index in [0.717, 1.165) is 23.1 Å². The fraction of sp³-hybridized carbons (Fsp3) is 0.217. The molecule has 0 saturated carbocycles. The van der Waals surface area contributed by atoms with Crippen LogP contribution in [0.4, 0.5) is 4.39 Å². The third-order valence-corrected chi connectivity index (χ3v) is 6.83. The lowest BCUT2D eigenvalue weighted by atomic mass is 9.87. The maximum atomic E-state index is 13.0. The number of hydrogen-bond donors (Lipinski definition) is 2. The number of benzene rings is 2. The van der Waals surface area contributed by atoms with E-state index < -0.39 is 34.6 Å². The number of nitrogens with one attached hydrogen (secondary N) is 1. The molecule has 0 amide bonds. The van der Waals surface area contributed by atoms with Crippen LogP contribution < -0.4 is 9.46 Å². The van der Waals surface area contributed by atoms with Gasteiger partial charge in [0.1, 0.15) is 5.75 Å². The molecule has 1 atom stereocenters. The lowest BCUT2D eigenvalue weighted by Crippen LogP contribution is -2.31. The van der Waals surface area contributed by atoms with E-state index in [9.17, 15) is 17.6 Å². The number of carboxylic acid groups (broad SMARTS) is 1. The summed E-state index contributed by atoms with van der Waals surface area (Å²) in [5, 5.41) is 8.88. The van der Waals surface area contributed by atoms with Crippen LogP contribution in [0.3, 0.4) is 0 Å². The number of carbonyl (C=O) groups is 1. The molecule has 1 aliphatic carbocycles. The Balaban J connectivity index is 1.55. The minimum atomic E-state index is -3.81. The molecule has 0 fully saturated rings. The third-order valence-electron chi connectivity index (χ3n) is 5.34. The van der Waals surface area contributed by atoms with Gasteiger partial charge in [-0.2, -0.15) is 4.39 Å². The van der Waals surface area contributed by atoms with Crippen LogP contribution in [0.15, 0.2) is 65.7 Å². The molecule has 0 bridgehead atoms. The van der Waals surface area contributed by atoms with Gasteiger partial charge in [0.2, 0.25) is 16.0 Å². The average molecular weight is 456 g/mol. The number of fused-ring (bicyclic) bond motifs is 1. The predicted octanol–water partition coefficient (Wildman–Crippen LogP) is 3.71. The number of carboxylic acids is 1. The van der Waals surface area contributed by atoms with Gasteiger partial charge in [-0.1, -0.05) is 24.3 Å². The Bertz CT molecular complexity index is 1230. The minimum Gasteiger partial charge on any atom is -0.482 e. The van der Waals surface area contributed by atoms with Crippen LogP contribution in [0.2, 0.25) is 0 Å². The van der Waals surface area contributed by atoms with Crippen molar-refractivity contribution >= 4 is 16.0 Å². The van der Waals surface area contributed by atoms with Gasteiger partial charge in [-0.3, -0.25) is 0 Å². The first-order valence-electron chi connectivity index (χ1n) is 10.0. The normalized spacial score (nSPS) is 15.7. The Morgan fingerprint density at radius 2 is 1.88 bits per heavy atom. The number of aromatic nitrogens is 1. The zero-order valence-electron chi connectivity index (χ0n) is 17.0. The van der Waals surface area contributed by atoms with Crippen molar-refractivity contribution < 1.29 is 27.4 Å². The van der Waals surface area contributed by atoms with E-state index in [1.54, 1.807) is 30.3 Å². The Labute approximate surface area is 184 Å². The van der Waals surface area contributed by atoms with Gasteiger partial charge < -0.3 is 9.84 Å². The number of hydrogen-bond acceptors (Lipinski definition) is 5. The van der Waals surface area contributed by atoms with Crippen molar-refractivity contribution in [1.82, 2.24) is 9.71 Å². The fourth-order valence-corrected chi connectivity index (χ4v) is 5.09. The quantitative estimate of drug-likeness (QED) is 0.525. The number of aliphatic carboxylic acids is 1. The first kappa shape index (κ1) is 21.9. The highest BCUT2D eigenvalue weighted by atomic mass is 32.2. The highest BCUT2D eigenvalue weighted by Crippen LogP contribution is 2.36. The summed E-state index contributed by atoms with van der Waals surface area (Å²) in [6.07, 6.45) is 3.43. The molecule has 7 nitrogen and oxygen atoms in total. The average Bonchev–Trinajstić information content (AvgIpc) is 2.78. The van der Waals surface area contributed by atoms with E-state index in [2.05, 4.69) is 9.71 Å². The first-order valence-corrected chi connectivity index (χ1v) is 11.5. The maximum absolute atomic E-state index is 13.0. The number of sulfonamides is 1. The molecule has 0 saturated heterocycles. The Morgan fingerprint density at radius 1 is 1.12 bits per heavy atom. The fourth-order valence-electron chi connectivity index (χ4n) is 3.84. The zero-order valence-corrected chi connectivity index (χ0v) is 17.8. The van der Waals surface area contributed by atoms with Crippen LogP contribution in [-0.2, 0) is 21.2 Å². The second-order valence-corrected chi connectivity index (χ2v) is 9.18. The van der Waals surface area contributed by atoms with E-state index in [0.29, 0.717) is 24.2 Å². The standard InChI is InChI=1S/C23H21FN2O5S/c24-22-12-9-16(13-25-22)15-7-10-17(11-8-15)32(29,30)26-20-5-1-4-19-18(20)3-2-6-21(19)31-14-23(27)28/h2-3,6-13,20,26H,1,4-5,14H2,(H,27,28). The van der Waals surface area contributed by atoms with Gasteiger partial charge in [-0.15, -0.1) is 0 Å². The predicted molar refractivity (Wildman–Crippen MR) is 115 cm³/mol. The van der Waals surface area contributed by atoms with E-state index in [-0.39, 0.29) is 4.90 Å². The van der Waals surface area contributed by atoms with Gasteiger partial charge in [0.25, 0.3) is 0 Å². The van der Waals surface area contributed by atoms with Gasteiger partial charge in [-0.25, -0.2) is 22.9 Å². The topological polar surface area (TPSA) is 106 Å². The third kappa shape index (κ3) is 4.79. The molecule has 1 heterocycles. The number of rotatable bonds is 7. The molecule has 2 aromatic carbocycles. The Kier molecular flexibility index (Phi) is 6.20. The molecule has 32 heavy (non-hydrogen) atoms. The second-order valence-electron chi connectivity index (χ2n) is 7.47. The highest BCUT2D eigenvalue weighted by molar-refractivity contribution is 7.89. The first-order chi connectivity index (χ1) is 15.3. The Hall–Kier alpha value is -3.30. The van der Waals surface area contributed by atoms with E-state index in [1.807, 2.05) is 6.07 Å². The second kappa shape index (κ2) is 9.05. The summed E-state index contributed by atoms with van der Waals surface area (Å²) in [6, 6.07) is 13.9. The summed E-state index contributed by atoms with van der Waals surface area (Å²) in [7, 11) is -3.81. The molecular formula is C23H21FN2O5S. The molecule has 0 spiro atoms. The van der Waals surface area contributed by atoms with Crippen LogP contribution in [0.1, 0.15) is 30.0 Å². The molecule has 2 N–H and O–H groups in total. The van der Waals surface area contributed by atoms with Crippen LogP contribution in [0.25, 0.3) is 11.1 Å². The number of pyridine rings is 1. The molecule has 0 radical (unpaired) electrons. The highest BCUT2D eigenvalue weighted by Gasteiger charge is 2.27. The van der Waals surface area contributed by atoms with Crippen molar-refractivity contribution in [3.63, 3.8) is 0 Å². The van der Waals surface area contributed by atoms with Gasteiger partial charge in [0.15, 0.2) is 6.61 Å². The van der Waals surface area contributed by atoms with Crippen LogP contribution in [-0.4, -0.2) is 31.1 Å². The van der Waals surface area contributed by atoms with Crippen LogP contribution in [0, 0.1) is 5.95 Å². The zero-order chi connectivity index (χ0) is 22.7. The van der Waals surface area contributed by atoms with Crippen molar-refractivity contribution in [2.75, 3.05) is 6.61 Å². The van der Waals surface area contributed by atoms with Gasteiger partial charge >= 0.3 is 5.97 Å². The summed E-state index contributed by atoms with van der Waals surface area (Å²) in [4.78, 5) is 14.6. The van der Waals surface area contributed by atoms with Gasteiger partial charge in [-0.05, 0) is 66.3 Å². The maximum Gasteiger partial charge on any atom is 0.341 e. The van der Waals surface area contributed by atoms with E-state index in [4.69, 9.17) is 9.84 Å². The summed E-state index contributed by atoms with van der Waals surface area (Å²) >= 11 is 0. The van der Waals surface area contributed by atoms with Crippen LogP contribution in [0.5, 0.6) is 5.75 Å². The molecule has 1 aromatic heterocycles. The molecule has 1 aliphatic rings. The minimum absolute atomic E-state index is 0.113. The van der Waals surface area contributed by atoms with Crippen molar-refractivity contribution in [3.8, 4) is 16.9 Å². The monoisotopic (exact) mass is 456 g/mol. The molecule has 3 aromatic rings. The molecule has 0 aliphatic heterocycles. The molecular weight excluding hydrogens is 435 g/mol. The van der Waals surface area contributed by atoms with Gasteiger partial charge in [0, 0.05) is 17.8 Å². The van der Waals surface area contributed by atoms with Crippen molar-refractivity contribution in [2.45, 2.75) is 30.2 Å². The summed E-state index contributed by atoms with van der Waals surface area (Å²) in [6.45, 7) is -0.456. The molecule has 9 heteroatoms. The number of halogens is 1. The number of ether oxygens (including phenoxy) is 1. The SMILES string of the molecule is O=C(O)COc1cccc2c1CCCC2NS(=O)(=O)c1ccc(-c2ccc(F)nc2)cc1. The summed E-state index contributed by atoms with van der Waals surface area (Å²) in [5.74, 6) is -1.19. The number of nitrogens with zero attached hydrogens (tertiary/aromatic N) is 1. The lowest BCUT2D eigenvalue weighted by Gasteiger charge is -2.27. The molecule has 4 rings (SSSR count).